The summed E-state index contributed by atoms with van der Waals surface area (Å²) in [5, 5.41) is 9.01. The summed E-state index contributed by atoms with van der Waals surface area (Å²) >= 11 is 8.07. The summed E-state index contributed by atoms with van der Waals surface area (Å²) in [5.41, 5.74) is 2.01. The lowest BCUT2D eigenvalue weighted by molar-refractivity contribution is 0.333. The molecule has 1 N–H and O–H groups in total. The molecular formula is C20H17ClN4O2S. The van der Waals surface area contributed by atoms with Crippen LogP contribution in [-0.4, -0.2) is 33.4 Å². The molecule has 3 aromatic rings. The van der Waals surface area contributed by atoms with E-state index in [4.69, 9.17) is 21.4 Å². The van der Waals surface area contributed by atoms with Gasteiger partial charge in [0.2, 0.25) is 0 Å². The number of thioether (sulfide) groups is 1. The number of hydrogen-bond acceptors (Lipinski definition) is 6. The van der Waals surface area contributed by atoms with Crippen molar-refractivity contribution >= 4 is 29.1 Å². The summed E-state index contributed by atoms with van der Waals surface area (Å²) in [4.78, 5) is 17.3. The number of hydrogen-bond donors (Lipinski definition) is 1. The fourth-order valence-corrected chi connectivity index (χ4v) is 5.20. The zero-order valence-electron chi connectivity index (χ0n) is 15.1. The van der Waals surface area contributed by atoms with Gasteiger partial charge in [0.15, 0.2) is 11.5 Å². The van der Waals surface area contributed by atoms with Crippen molar-refractivity contribution in [1.29, 1.82) is 0 Å². The topological polar surface area (TPSA) is 69.0 Å². The van der Waals surface area contributed by atoms with Gasteiger partial charge in [0.25, 0.3) is 5.56 Å². The van der Waals surface area contributed by atoms with Gasteiger partial charge in [-0.25, -0.2) is 4.68 Å². The Hall–Kier alpha value is -2.51. The molecule has 1 saturated heterocycles. The van der Waals surface area contributed by atoms with Crippen LogP contribution in [0.3, 0.4) is 0 Å². The van der Waals surface area contributed by atoms with Crippen LogP contribution in [0.5, 0.6) is 5.75 Å². The van der Waals surface area contributed by atoms with Gasteiger partial charge >= 0.3 is 0 Å². The number of halogens is 1. The lowest BCUT2D eigenvalue weighted by atomic mass is 10.0. The van der Waals surface area contributed by atoms with Crippen molar-refractivity contribution < 1.29 is 4.74 Å². The molecule has 0 radical (unpaired) electrons. The van der Waals surface area contributed by atoms with Crippen molar-refractivity contribution in [1.82, 2.24) is 14.8 Å². The molecule has 0 saturated carbocycles. The first-order chi connectivity index (χ1) is 13.6. The van der Waals surface area contributed by atoms with Gasteiger partial charge in [-0.3, -0.25) is 4.79 Å². The van der Waals surface area contributed by atoms with Gasteiger partial charge < -0.3 is 10.1 Å². The fraction of sp³-hybridized carbons (Fsp3) is 0.250. The predicted octanol–water partition coefficient (Wildman–Crippen LogP) is 3.85. The number of rotatable bonds is 2. The van der Waals surface area contributed by atoms with E-state index in [1.165, 1.54) is 0 Å². The summed E-state index contributed by atoms with van der Waals surface area (Å²) in [5.74, 6) is 3.15. The fourth-order valence-electron chi connectivity index (χ4n) is 3.72. The Morgan fingerprint density at radius 2 is 2.07 bits per heavy atom. The standard InChI is InChI=1S/C20H17ClN4O2S/c1-27-14-5-2-12(3-6-14)17-19(26)22-18-15-10-13(21)4-7-16(15)23-20(25(18)24-17)8-9-28-11-20/h2-7,10,23H,8-9,11H2,1H3. The smallest absolute Gasteiger partial charge is 0.300 e. The Bertz CT molecular complexity index is 1120. The zero-order valence-corrected chi connectivity index (χ0v) is 16.7. The molecule has 3 heterocycles. The second-order valence-electron chi connectivity index (χ2n) is 6.88. The SMILES string of the molecule is COc1ccc(-c2nn3c(nc2=O)-c2cc(Cl)ccc2NC32CCSC2)cc1. The maximum atomic E-state index is 12.9. The number of ether oxygens (including phenoxy) is 1. The van der Waals surface area contributed by atoms with Crippen LogP contribution >= 0.6 is 23.4 Å². The van der Waals surface area contributed by atoms with Crippen molar-refractivity contribution in [3.63, 3.8) is 0 Å². The van der Waals surface area contributed by atoms with E-state index in [0.29, 0.717) is 22.1 Å². The molecule has 1 unspecified atom stereocenters. The van der Waals surface area contributed by atoms with E-state index >= 15 is 0 Å². The lowest BCUT2D eigenvalue weighted by Gasteiger charge is -2.38. The molecular weight excluding hydrogens is 396 g/mol. The monoisotopic (exact) mass is 412 g/mol. The molecule has 28 heavy (non-hydrogen) atoms. The second kappa shape index (κ2) is 6.53. The summed E-state index contributed by atoms with van der Waals surface area (Å²) < 4.78 is 7.09. The normalized spacial score (nSPS) is 19.8. The highest BCUT2D eigenvalue weighted by atomic mass is 35.5. The van der Waals surface area contributed by atoms with Crippen LogP contribution in [0.25, 0.3) is 22.6 Å². The molecule has 8 heteroatoms. The number of nitrogens with one attached hydrogen (secondary N) is 1. The van der Waals surface area contributed by atoms with Crippen molar-refractivity contribution in [2.75, 3.05) is 23.9 Å². The summed E-state index contributed by atoms with van der Waals surface area (Å²) in [6.45, 7) is 0. The quantitative estimate of drug-likeness (QED) is 0.689. The highest BCUT2D eigenvalue weighted by molar-refractivity contribution is 7.99. The largest absolute Gasteiger partial charge is 0.497 e. The van der Waals surface area contributed by atoms with Gasteiger partial charge in [0.05, 0.1) is 7.11 Å². The molecule has 1 spiro atoms. The van der Waals surface area contributed by atoms with Crippen LogP contribution < -0.4 is 15.6 Å². The number of fused-ring (bicyclic) bond motifs is 4. The number of anilines is 1. The van der Waals surface area contributed by atoms with Crippen LogP contribution in [0.2, 0.25) is 5.02 Å². The molecule has 0 bridgehead atoms. The Morgan fingerprint density at radius 1 is 1.25 bits per heavy atom. The van der Waals surface area contributed by atoms with Crippen LogP contribution in [0, 0.1) is 0 Å². The third kappa shape index (κ3) is 2.69. The highest BCUT2D eigenvalue weighted by Gasteiger charge is 2.43. The Kier molecular flexibility index (Phi) is 4.10. The van der Waals surface area contributed by atoms with E-state index in [-0.39, 0.29) is 5.56 Å². The second-order valence-corrected chi connectivity index (χ2v) is 8.42. The number of methoxy groups -OCH3 is 1. The van der Waals surface area contributed by atoms with Crippen molar-refractivity contribution in [3.8, 4) is 28.4 Å². The zero-order chi connectivity index (χ0) is 19.3. The minimum absolute atomic E-state index is 0.329. The van der Waals surface area contributed by atoms with Gasteiger partial charge in [-0.1, -0.05) is 11.6 Å². The predicted molar refractivity (Wildman–Crippen MR) is 112 cm³/mol. The lowest BCUT2D eigenvalue weighted by Crippen LogP contribution is -2.47. The number of aromatic nitrogens is 3. The van der Waals surface area contributed by atoms with Gasteiger partial charge in [-0.15, -0.1) is 0 Å². The third-order valence-corrected chi connectivity index (χ3v) is 6.58. The van der Waals surface area contributed by atoms with Crippen LogP contribution in [0.4, 0.5) is 5.69 Å². The maximum absolute atomic E-state index is 12.9. The van der Waals surface area contributed by atoms with Gasteiger partial charge in [-0.2, -0.15) is 21.8 Å². The summed E-state index contributed by atoms with van der Waals surface area (Å²) in [6, 6.07) is 12.9. The van der Waals surface area contributed by atoms with Crippen molar-refractivity contribution in [2.45, 2.75) is 12.1 Å². The third-order valence-electron chi connectivity index (χ3n) is 5.17. The molecule has 1 atom stereocenters. The molecule has 6 nitrogen and oxygen atoms in total. The first kappa shape index (κ1) is 17.6. The first-order valence-corrected chi connectivity index (χ1v) is 10.5. The van der Waals surface area contributed by atoms with E-state index < -0.39 is 5.66 Å². The highest BCUT2D eigenvalue weighted by Crippen LogP contribution is 2.44. The Balaban J connectivity index is 1.74. The van der Waals surface area contributed by atoms with Crippen molar-refractivity contribution in [3.05, 3.63) is 57.8 Å². The average molecular weight is 413 g/mol. The minimum Gasteiger partial charge on any atom is -0.497 e. The molecule has 0 aliphatic carbocycles. The number of benzene rings is 2. The maximum Gasteiger partial charge on any atom is 0.300 e. The van der Waals surface area contributed by atoms with E-state index in [0.717, 1.165) is 34.9 Å². The van der Waals surface area contributed by atoms with Gasteiger partial charge in [-0.05, 0) is 48.2 Å². The van der Waals surface area contributed by atoms with E-state index in [2.05, 4.69) is 10.3 Å². The van der Waals surface area contributed by atoms with Crippen LogP contribution in [-0.2, 0) is 5.66 Å². The van der Waals surface area contributed by atoms with Crippen molar-refractivity contribution in [2.24, 2.45) is 0 Å². The average Bonchev–Trinajstić information content (AvgIpc) is 3.18. The van der Waals surface area contributed by atoms with Crippen LogP contribution in [0.15, 0.2) is 47.3 Å². The molecule has 142 valence electrons. The molecule has 1 aromatic heterocycles. The molecule has 2 aliphatic heterocycles. The molecule has 5 rings (SSSR count). The first-order valence-electron chi connectivity index (χ1n) is 8.92. The minimum atomic E-state index is -0.400. The van der Waals surface area contributed by atoms with E-state index in [1.54, 1.807) is 7.11 Å². The summed E-state index contributed by atoms with van der Waals surface area (Å²) in [7, 11) is 1.61. The molecule has 0 amide bonds. The Labute approximate surface area is 170 Å². The van der Waals surface area contributed by atoms with Gasteiger partial charge in [0, 0.05) is 34.0 Å². The number of nitrogens with zero attached hydrogens (tertiary/aromatic N) is 3. The molecule has 1 fully saturated rings. The van der Waals surface area contributed by atoms with E-state index in [9.17, 15) is 4.79 Å². The van der Waals surface area contributed by atoms with Gasteiger partial charge in [0.1, 0.15) is 11.4 Å². The van der Waals surface area contributed by atoms with Crippen LogP contribution in [0.1, 0.15) is 6.42 Å². The van der Waals surface area contributed by atoms with E-state index in [1.807, 2.05) is 58.9 Å². The Morgan fingerprint density at radius 3 is 2.79 bits per heavy atom. The molecule has 2 aromatic carbocycles. The summed E-state index contributed by atoms with van der Waals surface area (Å²) in [6.07, 6.45) is 0.895. The molecule has 2 aliphatic rings.